The van der Waals surface area contributed by atoms with Gasteiger partial charge in [-0.1, -0.05) is 6.92 Å². The number of nitrogens with zero attached hydrogens (tertiary/aromatic N) is 2. The summed E-state index contributed by atoms with van der Waals surface area (Å²) in [5, 5.41) is 12.6. The second kappa shape index (κ2) is 9.70. The third-order valence-corrected chi connectivity index (χ3v) is 4.20. The summed E-state index contributed by atoms with van der Waals surface area (Å²) in [6.07, 6.45) is 3.17. The Labute approximate surface area is 161 Å². The minimum atomic E-state index is -1.10. The second-order valence-corrected chi connectivity index (χ2v) is 6.28. The number of aromatic amines is 1. The molecule has 0 atom stereocenters. The molecule has 0 aliphatic heterocycles. The average Bonchev–Trinajstić information content (AvgIpc) is 3.08. The Kier molecular flexibility index (Phi) is 7.34. The van der Waals surface area contributed by atoms with Gasteiger partial charge in [-0.15, -0.1) is 0 Å². The number of pyridine rings is 1. The molecule has 8 nitrogen and oxygen atoms in total. The van der Waals surface area contributed by atoms with Crippen LogP contribution in [0.3, 0.4) is 0 Å². The fourth-order valence-electron chi connectivity index (χ4n) is 2.22. The van der Waals surface area contributed by atoms with Gasteiger partial charge in [-0.25, -0.2) is 13.8 Å². The molecule has 0 bridgehead atoms. The van der Waals surface area contributed by atoms with E-state index in [2.05, 4.69) is 25.8 Å². The number of nitrogens with one attached hydrogen (secondary N) is 3. The van der Waals surface area contributed by atoms with Crippen molar-refractivity contribution >= 4 is 42.6 Å². The van der Waals surface area contributed by atoms with Crippen LogP contribution in [-0.4, -0.2) is 34.3 Å². The van der Waals surface area contributed by atoms with Gasteiger partial charge in [0.25, 0.3) is 5.91 Å². The largest absolute Gasteiger partial charge is 0.396 e. The standard InChI is InChI=1S/C14H12F2N6O.C3H7OP/c1-18-12-7-4-6(5-19-13(7)22-21-12)20-14(23)10-8(15)2-3-9(17)11(10)16;1-2-3-5-4/h2-5H,17H2,1H3,(H,20,23)(H2,18,19,21,22);2-3H2,1H3. The van der Waals surface area contributed by atoms with E-state index in [-0.39, 0.29) is 19.8 Å². The Bertz CT molecular complexity index is 995. The molecular weight excluding hydrogens is 389 g/mol. The van der Waals surface area contributed by atoms with Gasteiger partial charge in [-0.3, -0.25) is 14.5 Å². The van der Waals surface area contributed by atoms with E-state index in [0.29, 0.717) is 16.9 Å². The number of nitrogens with two attached hydrogens (primary N) is 1. The molecule has 3 rings (SSSR count). The van der Waals surface area contributed by atoms with Crippen LogP contribution in [0.25, 0.3) is 11.0 Å². The Morgan fingerprint density at radius 2 is 2.11 bits per heavy atom. The van der Waals surface area contributed by atoms with E-state index in [9.17, 15) is 18.1 Å². The maximum absolute atomic E-state index is 13.9. The first kappa shape index (κ1) is 21.2. The first-order chi connectivity index (χ1) is 13.4. The van der Waals surface area contributed by atoms with Crippen LogP contribution < -0.4 is 16.4 Å². The summed E-state index contributed by atoms with van der Waals surface area (Å²) in [6, 6.07) is 3.57. The van der Waals surface area contributed by atoms with Crippen molar-refractivity contribution in [1.82, 2.24) is 15.2 Å². The summed E-state index contributed by atoms with van der Waals surface area (Å²) < 4.78 is 37.1. The maximum atomic E-state index is 13.9. The highest BCUT2D eigenvalue weighted by molar-refractivity contribution is 7.23. The van der Waals surface area contributed by atoms with Crippen LogP contribution >= 0.6 is 8.46 Å². The summed E-state index contributed by atoms with van der Waals surface area (Å²) in [4.78, 5) is 16.2. The van der Waals surface area contributed by atoms with Crippen LogP contribution in [0.2, 0.25) is 0 Å². The molecule has 0 fully saturated rings. The molecule has 2 aromatic heterocycles. The summed E-state index contributed by atoms with van der Waals surface area (Å²) in [5.74, 6) is -2.52. The quantitative estimate of drug-likeness (QED) is 0.376. The normalized spacial score (nSPS) is 10.4. The van der Waals surface area contributed by atoms with Crippen molar-refractivity contribution in [2.24, 2.45) is 0 Å². The molecule has 0 saturated heterocycles. The molecule has 148 valence electrons. The summed E-state index contributed by atoms with van der Waals surface area (Å²) in [5.41, 5.74) is 5.09. The number of aromatic nitrogens is 3. The number of amides is 1. The highest BCUT2D eigenvalue weighted by Crippen LogP contribution is 2.23. The monoisotopic (exact) mass is 408 g/mol. The molecule has 2 heterocycles. The van der Waals surface area contributed by atoms with E-state index in [4.69, 9.17) is 5.73 Å². The van der Waals surface area contributed by atoms with Gasteiger partial charge in [0.05, 0.1) is 23.0 Å². The van der Waals surface area contributed by atoms with Gasteiger partial charge in [0.2, 0.25) is 0 Å². The third-order valence-electron chi connectivity index (χ3n) is 3.57. The number of benzene rings is 1. The topological polar surface area (TPSA) is 126 Å². The number of carbonyl (C=O) groups excluding carboxylic acids is 1. The molecule has 5 N–H and O–H groups in total. The maximum Gasteiger partial charge on any atom is 0.261 e. The smallest absolute Gasteiger partial charge is 0.261 e. The van der Waals surface area contributed by atoms with Crippen molar-refractivity contribution in [3.63, 3.8) is 0 Å². The number of hydrogen-bond acceptors (Lipinski definition) is 6. The van der Waals surface area contributed by atoms with E-state index >= 15 is 0 Å². The number of rotatable bonds is 5. The van der Waals surface area contributed by atoms with E-state index < -0.39 is 23.1 Å². The Morgan fingerprint density at radius 3 is 2.71 bits per heavy atom. The Morgan fingerprint density at radius 1 is 1.36 bits per heavy atom. The Hall–Kier alpha value is -3.13. The minimum Gasteiger partial charge on any atom is -0.396 e. The van der Waals surface area contributed by atoms with Crippen molar-refractivity contribution < 1.29 is 18.1 Å². The molecule has 1 aromatic carbocycles. The SMILES string of the molecule is CCCP=O.CNc1n[nH]c2ncc(NC(=O)c3c(F)ccc(N)c3F)cc12. The van der Waals surface area contributed by atoms with E-state index in [1.165, 1.54) is 6.20 Å². The van der Waals surface area contributed by atoms with Crippen molar-refractivity contribution in [3.8, 4) is 0 Å². The molecule has 0 aliphatic carbocycles. The number of H-pyrrole nitrogens is 1. The van der Waals surface area contributed by atoms with E-state index in [1.807, 2.05) is 6.92 Å². The number of anilines is 3. The lowest BCUT2D eigenvalue weighted by Gasteiger charge is -2.08. The molecule has 0 aliphatic rings. The predicted molar refractivity (Wildman–Crippen MR) is 105 cm³/mol. The summed E-state index contributed by atoms with van der Waals surface area (Å²) in [6.45, 7) is 2.00. The molecule has 0 spiro atoms. The van der Waals surface area contributed by atoms with Crippen LogP contribution in [0.5, 0.6) is 0 Å². The third kappa shape index (κ3) is 4.77. The van der Waals surface area contributed by atoms with Crippen LogP contribution in [-0.2, 0) is 4.57 Å². The zero-order valence-electron chi connectivity index (χ0n) is 15.2. The van der Waals surface area contributed by atoms with Gasteiger partial charge in [0, 0.05) is 13.2 Å². The summed E-state index contributed by atoms with van der Waals surface area (Å²) in [7, 11) is 1.96. The first-order valence-corrected chi connectivity index (χ1v) is 9.28. The number of hydrogen-bond donors (Lipinski definition) is 4. The van der Waals surface area contributed by atoms with E-state index in [1.54, 1.807) is 13.1 Å². The van der Waals surface area contributed by atoms with Crippen molar-refractivity contribution in [1.29, 1.82) is 0 Å². The van der Waals surface area contributed by atoms with Crippen molar-refractivity contribution in [2.75, 3.05) is 29.6 Å². The fraction of sp³-hybridized carbons (Fsp3) is 0.235. The zero-order valence-corrected chi connectivity index (χ0v) is 16.1. The highest BCUT2D eigenvalue weighted by atomic mass is 31.1. The average molecular weight is 408 g/mol. The number of halogens is 2. The predicted octanol–water partition coefficient (Wildman–Crippen LogP) is 3.80. The zero-order chi connectivity index (χ0) is 20.7. The van der Waals surface area contributed by atoms with Crippen LogP contribution in [0.1, 0.15) is 23.7 Å². The first-order valence-electron chi connectivity index (χ1n) is 8.28. The van der Waals surface area contributed by atoms with Crippen molar-refractivity contribution in [2.45, 2.75) is 13.3 Å². The van der Waals surface area contributed by atoms with Gasteiger partial charge in [-0.05, 0) is 24.6 Å². The number of nitrogen functional groups attached to an aromatic ring is 1. The van der Waals surface area contributed by atoms with Crippen LogP contribution in [0.4, 0.5) is 26.0 Å². The van der Waals surface area contributed by atoms with Crippen LogP contribution in [0, 0.1) is 11.6 Å². The molecule has 0 unspecified atom stereocenters. The van der Waals surface area contributed by atoms with Crippen molar-refractivity contribution in [3.05, 3.63) is 41.6 Å². The molecule has 28 heavy (non-hydrogen) atoms. The van der Waals surface area contributed by atoms with E-state index in [0.717, 1.165) is 24.7 Å². The number of carbonyl (C=O) groups is 1. The highest BCUT2D eigenvalue weighted by Gasteiger charge is 2.20. The van der Waals surface area contributed by atoms with Crippen LogP contribution in [0.15, 0.2) is 24.4 Å². The molecule has 0 saturated carbocycles. The second-order valence-electron chi connectivity index (χ2n) is 5.57. The lowest BCUT2D eigenvalue weighted by atomic mass is 10.1. The van der Waals surface area contributed by atoms with Gasteiger partial charge < -0.3 is 16.4 Å². The molecule has 0 radical (unpaired) electrons. The fourth-order valence-corrected chi connectivity index (χ4v) is 2.41. The number of fused-ring (bicyclic) bond motifs is 1. The molecule has 11 heteroatoms. The minimum absolute atomic E-state index is 0.265. The molecule has 3 aromatic rings. The summed E-state index contributed by atoms with van der Waals surface area (Å²) >= 11 is 0. The van der Waals surface area contributed by atoms with Gasteiger partial charge in [0.15, 0.2) is 25.7 Å². The molecular formula is C17H19F2N6O2P. The van der Waals surface area contributed by atoms with Gasteiger partial charge in [-0.2, -0.15) is 5.10 Å². The van der Waals surface area contributed by atoms with Gasteiger partial charge >= 0.3 is 0 Å². The Balaban J connectivity index is 0.000000500. The lowest BCUT2D eigenvalue weighted by molar-refractivity contribution is 0.101. The molecule has 1 amide bonds. The van der Waals surface area contributed by atoms with Gasteiger partial charge in [0.1, 0.15) is 11.4 Å². The lowest BCUT2D eigenvalue weighted by Crippen LogP contribution is -2.17.